The van der Waals surface area contributed by atoms with E-state index in [-0.39, 0.29) is 5.91 Å². The van der Waals surface area contributed by atoms with Crippen LogP contribution in [0.3, 0.4) is 0 Å². The third-order valence-corrected chi connectivity index (χ3v) is 5.60. The standard InChI is InChI=1S/C23H21N3OS/c1-15-9-11-19(12-10-15)24-23-25-22(27)21(28-23)14-18-13-16(2)26(17(18)3)20-7-5-4-6-8-20/h4-14H,1-3H3,(H,24,25,27)/b21-14-. The highest BCUT2D eigenvalue weighted by molar-refractivity contribution is 8.18. The molecule has 1 aliphatic rings. The number of amides is 1. The van der Waals surface area contributed by atoms with Gasteiger partial charge in [-0.3, -0.25) is 4.79 Å². The number of carbonyl (C=O) groups is 1. The number of nitrogens with zero attached hydrogens (tertiary/aromatic N) is 2. The van der Waals surface area contributed by atoms with E-state index in [1.54, 1.807) is 0 Å². The van der Waals surface area contributed by atoms with Gasteiger partial charge in [0.2, 0.25) is 0 Å². The molecule has 140 valence electrons. The molecule has 2 aromatic carbocycles. The van der Waals surface area contributed by atoms with Gasteiger partial charge in [-0.25, -0.2) is 4.99 Å². The summed E-state index contributed by atoms with van der Waals surface area (Å²) >= 11 is 1.37. The molecule has 0 aliphatic carbocycles. The number of nitrogens with one attached hydrogen (secondary N) is 1. The number of para-hydroxylation sites is 1. The molecular formula is C23H21N3OS. The summed E-state index contributed by atoms with van der Waals surface area (Å²) < 4.78 is 2.20. The molecule has 1 N–H and O–H groups in total. The second-order valence-corrected chi connectivity index (χ2v) is 7.85. The van der Waals surface area contributed by atoms with Gasteiger partial charge in [-0.1, -0.05) is 35.9 Å². The summed E-state index contributed by atoms with van der Waals surface area (Å²) in [6.45, 7) is 6.19. The first-order valence-corrected chi connectivity index (χ1v) is 9.93. The maximum Gasteiger partial charge on any atom is 0.264 e. The second-order valence-electron chi connectivity index (χ2n) is 6.81. The Kier molecular flexibility index (Phi) is 4.92. The number of hydrogen-bond acceptors (Lipinski definition) is 3. The van der Waals surface area contributed by atoms with Crippen molar-refractivity contribution in [3.05, 3.63) is 88.1 Å². The Morgan fingerprint density at radius 3 is 2.43 bits per heavy atom. The molecule has 2 heterocycles. The Bertz CT molecular complexity index is 1090. The van der Waals surface area contributed by atoms with Crippen molar-refractivity contribution in [2.45, 2.75) is 20.8 Å². The van der Waals surface area contributed by atoms with Crippen molar-refractivity contribution >= 4 is 34.6 Å². The van der Waals surface area contributed by atoms with Gasteiger partial charge in [-0.15, -0.1) is 0 Å². The molecule has 0 spiro atoms. The summed E-state index contributed by atoms with van der Waals surface area (Å²) in [4.78, 5) is 17.6. The van der Waals surface area contributed by atoms with Gasteiger partial charge in [-0.05, 0) is 74.5 Å². The molecule has 1 aliphatic heterocycles. The molecule has 5 heteroatoms. The smallest absolute Gasteiger partial charge is 0.264 e. The normalized spacial score (nSPS) is 16.8. The maximum atomic E-state index is 12.4. The van der Waals surface area contributed by atoms with E-state index in [2.05, 4.69) is 46.9 Å². The molecule has 1 aromatic heterocycles. The van der Waals surface area contributed by atoms with Crippen LogP contribution in [0.15, 0.2) is 70.6 Å². The number of hydrogen-bond donors (Lipinski definition) is 1. The molecule has 3 aromatic rings. The van der Waals surface area contributed by atoms with Gasteiger partial charge in [0, 0.05) is 17.1 Å². The van der Waals surface area contributed by atoms with Crippen LogP contribution in [0.4, 0.5) is 5.69 Å². The van der Waals surface area contributed by atoms with Crippen molar-refractivity contribution in [1.82, 2.24) is 9.88 Å². The average molecular weight is 388 g/mol. The monoisotopic (exact) mass is 387 g/mol. The minimum Gasteiger partial charge on any atom is -0.318 e. The molecule has 0 radical (unpaired) electrons. The first kappa shape index (κ1) is 18.3. The largest absolute Gasteiger partial charge is 0.318 e. The Balaban J connectivity index is 1.63. The second kappa shape index (κ2) is 7.52. The van der Waals surface area contributed by atoms with Gasteiger partial charge in [0.05, 0.1) is 10.6 Å². The molecule has 1 amide bonds. The fourth-order valence-electron chi connectivity index (χ4n) is 3.27. The number of amidine groups is 1. The van der Waals surface area contributed by atoms with Crippen molar-refractivity contribution in [1.29, 1.82) is 0 Å². The van der Waals surface area contributed by atoms with Crippen molar-refractivity contribution in [2.75, 3.05) is 0 Å². The van der Waals surface area contributed by atoms with Crippen molar-refractivity contribution in [2.24, 2.45) is 4.99 Å². The summed E-state index contributed by atoms with van der Waals surface area (Å²) in [7, 11) is 0. The maximum absolute atomic E-state index is 12.4. The van der Waals surface area contributed by atoms with E-state index in [1.807, 2.05) is 55.5 Å². The zero-order chi connectivity index (χ0) is 19.7. The third kappa shape index (κ3) is 3.66. The Labute approximate surface area is 169 Å². The lowest BCUT2D eigenvalue weighted by Gasteiger charge is -2.09. The van der Waals surface area contributed by atoms with Crippen LogP contribution >= 0.6 is 11.8 Å². The molecule has 0 atom stereocenters. The van der Waals surface area contributed by atoms with E-state index in [1.165, 1.54) is 17.3 Å². The van der Waals surface area contributed by atoms with E-state index in [9.17, 15) is 4.79 Å². The van der Waals surface area contributed by atoms with Crippen molar-refractivity contribution in [3.63, 3.8) is 0 Å². The molecule has 0 unspecified atom stereocenters. The molecule has 28 heavy (non-hydrogen) atoms. The van der Waals surface area contributed by atoms with Gasteiger partial charge < -0.3 is 9.88 Å². The zero-order valence-corrected chi connectivity index (χ0v) is 16.9. The SMILES string of the molecule is Cc1ccc(N=C2NC(=O)/C(=C/c3cc(C)n(-c4ccccc4)c3C)S2)cc1. The first-order valence-electron chi connectivity index (χ1n) is 9.12. The molecule has 4 rings (SSSR count). The highest BCUT2D eigenvalue weighted by Crippen LogP contribution is 2.30. The number of benzene rings is 2. The number of aromatic nitrogens is 1. The predicted octanol–water partition coefficient (Wildman–Crippen LogP) is 5.29. The van der Waals surface area contributed by atoms with Crippen LogP contribution in [-0.4, -0.2) is 15.6 Å². The third-order valence-electron chi connectivity index (χ3n) is 4.69. The Morgan fingerprint density at radius 2 is 1.71 bits per heavy atom. The van der Waals surface area contributed by atoms with Crippen molar-refractivity contribution in [3.8, 4) is 5.69 Å². The topological polar surface area (TPSA) is 46.4 Å². The van der Waals surface area contributed by atoms with Gasteiger partial charge in [-0.2, -0.15) is 0 Å². The molecule has 1 saturated heterocycles. The van der Waals surface area contributed by atoms with Crippen LogP contribution in [0.1, 0.15) is 22.5 Å². The van der Waals surface area contributed by atoms with E-state index in [4.69, 9.17) is 0 Å². The minimum atomic E-state index is -0.111. The molecular weight excluding hydrogens is 366 g/mol. The summed E-state index contributed by atoms with van der Waals surface area (Å²) in [5, 5.41) is 3.47. The van der Waals surface area contributed by atoms with Gasteiger partial charge in [0.15, 0.2) is 5.17 Å². The van der Waals surface area contributed by atoms with Crippen LogP contribution in [0.5, 0.6) is 0 Å². The lowest BCUT2D eigenvalue weighted by molar-refractivity contribution is -0.115. The lowest BCUT2D eigenvalue weighted by atomic mass is 10.2. The Morgan fingerprint density at radius 1 is 1.00 bits per heavy atom. The number of rotatable bonds is 3. The van der Waals surface area contributed by atoms with Crippen LogP contribution in [0.25, 0.3) is 11.8 Å². The summed E-state index contributed by atoms with van der Waals surface area (Å²) in [5.74, 6) is -0.111. The molecule has 0 bridgehead atoms. The van der Waals surface area contributed by atoms with E-state index >= 15 is 0 Å². The van der Waals surface area contributed by atoms with E-state index < -0.39 is 0 Å². The highest BCUT2D eigenvalue weighted by Gasteiger charge is 2.24. The van der Waals surface area contributed by atoms with Gasteiger partial charge in [0.1, 0.15) is 0 Å². The first-order chi connectivity index (χ1) is 13.5. The van der Waals surface area contributed by atoms with Crippen molar-refractivity contribution < 1.29 is 4.79 Å². The fourth-order valence-corrected chi connectivity index (χ4v) is 4.10. The van der Waals surface area contributed by atoms with Crippen LogP contribution < -0.4 is 5.32 Å². The van der Waals surface area contributed by atoms with Gasteiger partial charge in [0.25, 0.3) is 5.91 Å². The number of carbonyl (C=O) groups excluding carboxylic acids is 1. The highest BCUT2D eigenvalue weighted by atomic mass is 32.2. The predicted molar refractivity (Wildman–Crippen MR) is 117 cm³/mol. The number of thioether (sulfide) groups is 1. The van der Waals surface area contributed by atoms with Crippen LogP contribution in [-0.2, 0) is 4.79 Å². The summed E-state index contributed by atoms with van der Waals surface area (Å²) in [6, 6.07) is 20.3. The number of aliphatic imine (C=N–C) groups is 1. The van der Waals surface area contributed by atoms with Crippen LogP contribution in [0.2, 0.25) is 0 Å². The molecule has 1 fully saturated rings. The van der Waals surface area contributed by atoms with E-state index in [0.717, 1.165) is 28.3 Å². The lowest BCUT2D eigenvalue weighted by Crippen LogP contribution is -2.19. The summed E-state index contributed by atoms with van der Waals surface area (Å²) in [6.07, 6.45) is 1.94. The van der Waals surface area contributed by atoms with Crippen LogP contribution in [0, 0.1) is 20.8 Å². The summed E-state index contributed by atoms with van der Waals surface area (Å²) in [5.41, 5.74) is 6.40. The fraction of sp³-hybridized carbons (Fsp3) is 0.130. The molecule has 0 saturated carbocycles. The van der Waals surface area contributed by atoms with Gasteiger partial charge >= 0.3 is 0 Å². The molecule has 4 nitrogen and oxygen atoms in total. The zero-order valence-electron chi connectivity index (χ0n) is 16.1. The number of aryl methyl sites for hydroxylation is 2. The Hall–Kier alpha value is -3.05. The minimum absolute atomic E-state index is 0.111. The van der Waals surface area contributed by atoms with E-state index in [0.29, 0.717) is 10.1 Å². The average Bonchev–Trinajstić information content (AvgIpc) is 3.16. The quantitative estimate of drug-likeness (QED) is 0.620.